The van der Waals surface area contributed by atoms with E-state index in [2.05, 4.69) is 119 Å². The average Bonchev–Trinajstić information content (AvgIpc) is 3.20. The van der Waals surface area contributed by atoms with E-state index in [0.717, 1.165) is 16.7 Å². The third-order valence-corrected chi connectivity index (χ3v) is 7.39. The molecule has 0 radical (unpaired) electrons. The highest BCUT2D eigenvalue weighted by molar-refractivity contribution is 6.21. The number of benzene rings is 4. The van der Waals surface area contributed by atoms with Gasteiger partial charge < -0.3 is 0 Å². The lowest BCUT2D eigenvalue weighted by Crippen LogP contribution is -1.98. The molecular weight excluding hydrogens is 424 g/mol. The molecule has 2 heteroatoms. The Morgan fingerprint density at radius 2 is 1.09 bits per heavy atom. The molecule has 35 heavy (non-hydrogen) atoms. The van der Waals surface area contributed by atoms with Gasteiger partial charge in [-0.2, -0.15) is 5.10 Å². The summed E-state index contributed by atoms with van der Waals surface area (Å²) in [5, 5.41) is 8.80. The minimum Gasteiger partial charge on any atom is -0.232 e. The van der Waals surface area contributed by atoms with Crippen LogP contribution in [0.4, 0.5) is 0 Å². The van der Waals surface area contributed by atoms with Crippen molar-refractivity contribution in [2.24, 2.45) is 0 Å². The first kappa shape index (κ1) is 21.6. The molecule has 0 spiro atoms. The Hall–Kier alpha value is -3.91. The van der Waals surface area contributed by atoms with Crippen LogP contribution in [0.3, 0.4) is 0 Å². The van der Waals surface area contributed by atoms with Gasteiger partial charge in [-0.25, -0.2) is 4.52 Å². The minimum atomic E-state index is 1.03. The van der Waals surface area contributed by atoms with Crippen molar-refractivity contribution < 1.29 is 0 Å². The summed E-state index contributed by atoms with van der Waals surface area (Å²) in [6.45, 7) is 13.2. The lowest BCUT2D eigenvalue weighted by atomic mass is 9.87. The van der Waals surface area contributed by atoms with Gasteiger partial charge in [0.1, 0.15) is 0 Å². The topological polar surface area (TPSA) is 17.3 Å². The molecule has 0 aliphatic rings. The molecule has 0 saturated carbocycles. The zero-order chi connectivity index (χ0) is 24.4. The Labute approximate surface area is 206 Å². The monoisotopic (exact) mass is 454 g/mol. The van der Waals surface area contributed by atoms with Crippen LogP contribution < -0.4 is 0 Å². The van der Waals surface area contributed by atoms with Crippen molar-refractivity contribution in [1.29, 1.82) is 0 Å². The molecule has 2 aromatic heterocycles. The zero-order valence-electron chi connectivity index (χ0n) is 21.3. The van der Waals surface area contributed by atoms with Crippen LogP contribution in [0.15, 0.2) is 72.8 Å². The summed E-state index contributed by atoms with van der Waals surface area (Å²) in [5.74, 6) is 0. The van der Waals surface area contributed by atoms with Crippen LogP contribution in [0.1, 0.15) is 33.5 Å². The van der Waals surface area contributed by atoms with Gasteiger partial charge in [-0.15, -0.1) is 0 Å². The molecule has 0 bridgehead atoms. The number of hydrogen-bond acceptors (Lipinski definition) is 1. The van der Waals surface area contributed by atoms with Crippen molar-refractivity contribution in [2.75, 3.05) is 0 Å². The lowest BCUT2D eigenvalue weighted by molar-refractivity contribution is 0.975. The Morgan fingerprint density at radius 1 is 0.543 bits per heavy atom. The normalized spacial score (nSPS) is 11.7. The zero-order valence-corrected chi connectivity index (χ0v) is 21.3. The van der Waals surface area contributed by atoms with Crippen molar-refractivity contribution in [1.82, 2.24) is 9.61 Å². The highest BCUT2D eigenvalue weighted by atomic mass is 15.2. The lowest BCUT2D eigenvalue weighted by Gasteiger charge is -2.19. The smallest absolute Gasteiger partial charge is 0.0756 e. The van der Waals surface area contributed by atoms with Crippen LogP contribution in [-0.4, -0.2) is 9.61 Å². The molecule has 4 aromatic carbocycles. The summed E-state index contributed by atoms with van der Waals surface area (Å²) >= 11 is 0. The minimum absolute atomic E-state index is 1.03. The molecule has 0 amide bonds. The van der Waals surface area contributed by atoms with E-state index in [9.17, 15) is 0 Å². The van der Waals surface area contributed by atoms with Crippen molar-refractivity contribution >= 4 is 27.2 Å². The number of hydrogen-bond donors (Lipinski definition) is 0. The van der Waals surface area contributed by atoms with Crippen LogP contribution in [0.25, 0.3) is 49.4 Å². The molecule has 0 saturated heterocycles. The van der Waals surface area contributed by atoms with Crippen LogP contribution in [0, 0.1) is 41.5 Å². The SMILES string of the molecule is Cc1cc(C)c(-c2cccc3c2c2cccc(-c4c(C)cccc4C)c2c2cc(C)nn32)c(C)c1. The van der Waals surface area contributed by atoms with Gasteiger partial charge >= 0.3 is 0 Å². The van der Waals surface area contributed by atoms with Gasteiger partial charge in [0, 0.05) is 10.8 Å². The summed E-state index contributed by atoms with van der Waals surface area (Å²) < 4.78 is 2.16. The van der Waals surface area contributed by atoms with Gasteiger partial charge in [0.05, 0.1) is 16.7 Å². The predicted molar refractivity (Wildman–Crippen MR) is 149 cm³/mol. The molecule has 0 aliphatic carbocycles. The number of pyridine rings is 1. The fraction of sp³-hybridized carbons (Fsp3) is 0.182. The first-order chi connectivity index (χ1) is 16.8. The average molecular weight is 455 g/mol. The van der Waals surface area contributed by atoms with E-state index in [1.54, 1.807) is 0 Å². The highest BCUT2D eigenvalue weighted by Crippen LogP contribution is 2.43. The van der Waals surface area contributed by atoms with Crippen LogP contribution in [-0.2, 0) is 0 Å². The Balaban J connectivity index is 1.88. The summed E-state index contributed by atoms with van der Waals surface area (Å²) in [4.78, 5) is 0. The molecule has 2 nitrogen and oxygen atoms in total. The van der Waals surface area contributed by atoms with E-state index in [-0.39, 0.29) is 0 Å². The fourth-order valence-corrected chi connectivity index (χ4v) is 6.16. The van der Waals surface area contributed by atoms with E-state index >= 15 is 0 Å². The van der Waals surface area contributed by atoms with Crippen molar-refractivity contribution in [3.8, 4) is 22.3 Å². The summed E-state index contributed by atoms with van der Waals surface area (Å²) in [6, 6.07) is 26.8. The number of fused-ring (bicyclic) bond motifs is 6. The quantitative estimate of drug-likeness (QED) is 0.239. The maximum Gasteiger partial charge on any atom is 0.0756 e. The number of aryl methyl sites for hydroxylation is 6. The first-order valence-electron chi connectivity index (χ1n) is 12.3. The van der Waals surface area contributed by atoms with Crippen LogP contribution in [0.2, 0.25) is 0 Å². The van der Waals surface area contributed by atoms with Gasteiger partial charge in [-0.05, 0) is 104 Å². The standard InChI is InChI=1S/C33H30N2/c1-19-16-22(4)31(23(5)17-19)26-14-9-15-28-32(26)27-13-8-12-25(30-20(2)10-7-11-21(30)3)33(27)29-18-24(6)34-35(28)29/h7-18H,1-6H3. The molecule has 0 aliphatic heterocycles. The van der Waals surface area contributed by atoms with Gasteiger partial charge in [0.15, 0.2) is 0 Å². The molecule has 0 atom stereocenters. The molecule has 0 fully saturated rings. The second-order valence-electron chi connectivity index (χ2n) is 10.1. The molecule has 0 unspecified atom stereocenters. The van der Waals surface area contributed by atoms with E-state index in [0.29, 0.717) is 0 Å². The summed E-state index contributed by atoms with van der Waals surface area (Å²) in [7, 11) is 0. The molecule has 172 valence electrons. The van der Waals surface area contributed by atoms with Gasteiger partial charge in [-0.3, -0.25) is 0 Å². The number of aromatic nitrogens is 2. The Kier molecular flexibility index (Phi) is 4.82. The number of nitrogens with zero attached hydrogens (tertiary/aromatic N) is 2. The van der Waals surface area contributed by atoms with Gasteiger partial charge in [-0.1, -0.05) is 66.2 Å². The van der Waals surface area contributed by atoms with E-state index in [4.69, 9.17) is 5.10 Å². The third kappa shape index (κ3) is 3.20. The van der Waals surface area contributed by atoms with Crippen molar-refractivity contribution in [3.63, 3.8) is 0 Å². The van der Waals surface area contributed by atoms with E-state index in [1.807, 2.05) is 0 Å². The Morgan fingerprint density at radius 3 is 1.74 bits per heavy atom. The molecule has 6 aromatic rings. The molecular formula is C33H30N2. The van der Waals surface area contributed by atoms with Crippen molar-refractivity contribution in [3.05, 3.63) is 106 Å². The number of rotatable bonds is 2. The predicted octanol–water partition coefficient (Wildman–Crippen LogP) is 8.83. The van der Waals surface area contributed by atoms with Crippen LogP contribution in [0.5, 0.6) is 0 Å². The van der Waals surface area contributed by atoms with Gasteiger partial charge in [0.2, 0.25) is 0 Å². The first-order valence-corrected chi connectivity index (χ1v) is 12.3. The Bertz CT molecular complexity index is 1760. The second kappa shape index (κ2) is 7.81. The van der Waals surface area contributed by atoms with Crippen molar-refractivity contribution in [2.45, 2.75) is 41.5 Å². The molecule has 6 rings (SSSR count). The maximum atomic E-state index is 4.98. The van der Waals surface area contributed by atoms with Crippen LogP contribution >= 0.6 is 0 Å². The van der Waals surface area contributed by atoms with E-state index in [1.165, 1.54) is 66.2 Å². The highest BCUT2D eigenvalue weighted by Gasteiger charge is 2.20. The maximum absolute atomic E-state index is 4.98. The molecule has 2 heterocycles. The largest absolute Gasteiger partial charge is 0.232 e. The summed E-state index contributed by atoms with van der Waals surface area (Å²) in [6.07, 6.45) is 0. The van der Waals surface area contributed by atoms with E-state index < -0.39 is 0 Å². The summed E-state index contributed by atoms with van der Waals surface area (Å²) in [5.41, 5.74) is 15.1. The van der Waals surface area contributed by atoms with Gasteiger partial charge in [0.25, 0.3) is 0 Å². The fourth-order valence-electron chi connectivity index (χ4n) is 6.16. The molecule has 0 N–H and O–H groups in total. The third-order valence-electron chi connectivity index (χ3n) is 7.39. The second-order valence-corrected chi connectivity index (χ2v) is 10.1.